The molecule has 1 aliphatic heterocycles. The van der Waals surface area contributed by atoms with Gasteiger partial charge in [-0.05, 0) is 47.9 Å². The van der Waals surface area contributed by atoms with E-state index in [-0.39, 0.29) is 0 Å². The predicted octanol–water partition coefficient (Wildman–Crippen LogP) is 3.42. The summed E-state index contributed by atoms with van der Waals surface area (Å²) in [6.07, 6.45) is 3.61. The van der Waals surface area contributed by atoms with E-state index in [1.807, 2.05) is 16.4 Å². The lowest BCUT2D eigenvalue weighted by atomic mass is 9.88. The van der Waals surface area contributed by atoms with Crippen molar-refractivity contribution in [1.82, 2.24) is 9.78 Å². The molecule has 2 rings (SSSR count). The molecule has 0 spiro atoms. The van der Waals surface area contributed by atoms with E-state index in [9.17, 15) is 5.11 Å². The molecule has 0 radical (unpaired) electrons. The van der Waals surface area contributed by atoms with Crippen molar-refractivity contribution in [3.63, 3.8) is 0 Å². The third-order valence-electron chi connectivity index (χ3n) is 4.05. The van der Waals surface area contributed by atoms with E-state index in [0.29, 0.717) is 11.7 Å². The Balaban J connectivity index is 2.29. The second kappa shape index (κ2) is 6.19. The first-order valence-electron chi connectivity index (χ1n) is 7.09. The fourth-order valence-electron chi connectivity index (χ4n) is 2.71. The SMILES string of the molecule is CCc1nn(CC)c(CC2(O)CCCSC2C)c1Br. The minimum atomic E-state index is -0.594. The number of halogens is 1. The molecule has 1 saturated heterocycles. The highest BCUT2D eigenvalue weighted by molar-refractivity contribution is 9.10. The van der Waals surface area contributed by atoms with Crippen LogP contribution < -0.4 is 0 Å². The van der Waals surface area contributed by atoms with Gasteiger partial charge in [0, 0.05) is 18.2 Å². The van der Waals surface area contributed by atoms with Gasteiger partial charge in [0.1, 0.15) is 0 Å². The van der Waals surface area contributed by atoms with Crippen molar-refractivity contribution in [1.29, 1.82) is 0 Å². The van der Waals surface area contributed by atoms with Crippen LogP contribution in [0.1, 0.15) is 45.0 Å². The van der Waals surface area contributed by atoms with Crippen LogP contribution in [0.25, 0.3) is 0 Å². The Morgan fingerprint density at radius 2 is 2.26 bits per heavy atom. The van der Waals surface area contributed by atoms with Gasteiger partial charge in [-0.1, -0.05) is 13.8 Å². The van der Waals surface area contributed by atoms with E-state index in [1.54, 1.807) is 0 Å². The zero-order valence-electron chi connectivity index (χ0n) is 11.9. The van der Waals surface area contributed by atoms with Gasteiger partial charge >= 0.3 is 0 Å². The topological polar surface area (TPSA) is 38.0 Å². The average Bonchev–Trinajstić information content (AvgIpc) is 2.70. The Bertz CT molecular complexity index is 449. The second-order valence-corrected chi connectivity index (χ2v) is 7.52. The Morgan fingerprint density at radius 3 is 2.84 bits per heavy atom. The molecule has 1 fully saturated rings. The summed E-state index contributed by atoms with van der Waals surface area (Å²) in [7, 11) is 0. The van der Waals surface area contributed by atoms with Crippen molar-refractivity contribution in [2.24, 2.45) is 0 Å². The molecular weight excluding hydrogens is 324 g/mol. The highest BCUT2D eigenvalue weighted by atomic mass is 79.9. The number of rotatable bonds is 4. The van der Waals surface area contributed by atoms with Crippen LogP contribution in [-0.4, -0.2) is 31.5 Å². The van der Waals surface area contributed by atoms with Crippen LogP contribution in [0.4, 0.5) is 0 Å². The van der Waals surface area contributed by atoms with Gasteiger partial charge in [-0.25, -0.2) is 0 Å². The number of aliphatic hydroxyl groups is 1. The lowest BCUT2D eigenvalue weighted by molar-refractivity contribution is 0.0277. The molecule has 3 nitrogen and oxygen atoms in total. The van der Waals surface area contributed by atoms with Gasteiger partial charge in [0.2, 0.25) is 0 Å². The summed E-state index contributed by atoms with van der Waals surface area (Å²) < 4.78 is 3.13. The quantitative estimate of drug-likeness (QED) is 0.907. The summed E-state index contributed by atoms with van der Waals surface area (Å²) in [4.78, 5) is 0. The molecule has 1 aliphatic rings. The van der Waals surface area contributed by atoms with Crippen molar-refractivity contribution in [2.45, 2.75) is 63.9 Å². The summed E-state index contributed by atoms with van der Waals surface area (Å²) >= 11 is 5.55. The van der Waals surface area contributed by atoms with Crippen molar-refractivity contribution in [2.75, 3.05) is 5.75 Å². The fourth-order valence-corrected chi connectivity index (χ4v) is 4.59. The molecule has 0 saturated carbocycles. The molecule has 2 atom stereocenters. The number of hydrogen-bond acceptors (Lipinski definition) is 3. The molecule has 1 aromatic heterocycles. The fraction of sp³-hybridized carbons (Fsp3) is 0.786. The number of nitrogens with zero attached hydrogens (tertiary/aromatic N) is 2. The normalized spacial score (nSPS) is 27.7. The summed E-state index contributed by atoms with van der Waals surface area (Å²) in [5.74, 6) is 1.16. The maximum absolute atomic E-state index is 10.9. The van der Waals surface area contributed by atoms with Crippen LogP contribution in [0.3, 0.4) is 0 Å². The van der Waals surface area contributed by atoms with E-state index < -0.39 is 5.60 Å². The molecule has 108 valence electrons. The van der Waals surface area contributed by atoms with Crippen LogP contribution >= 0.6 is 27.7 Å². The molecule has 0 bridgehead atoms. The minimum absolute atomic E-state index is 0.290. The van der Waals surface area contributed by atoms with Crippen molar-refractivity contribution in [3.05, 3.63) is 15.9 Å². The van der Waals surface area contributed by atoms with Crippen LogP contribution in [0.5, 0.6) is 0 Å². The molecule has 0 aliphatic carbocycles. The summed E-state index contributed by atoms with van der Waals surface area (Å²) in [5.41, 5.74) is 1.65. The van der Waals surface area contributed by atoms with Gasteiger partial charge in [0.25, 0.3) is 0 Å². The van der Waals surface area contributed by atoms with Crippen molar-refractivity contribution >= 4 is 27.7 Å². The highest BCUT2D eigenvalue weighted by Gasteiger charge is 2.38. The Hall–Kier alpha value is -0.000000000000000111. The van der Waals surface area contributed by atoms with Gasteiger partial charge in [0.05, 0.1) is 21.5 Å². The zero-order chi connectivity index (χ0) is 14.0. The number of aromatic nitrogens is 2. The lowest BCUT2D eigenvalue weighted by Gasteiger charge is -2.37. The Kier molecular flexibility index (Phi) is 5.01. The average molecular weight is 347 g/mol. The van der Waals surface area contributed by atoms with Gasteiger partial charge in [-0.2, -0.15) is 16.9 Å². The van der Waals surface area contributed by atoms with Crippen LogP contribution in [0, 0.1) is 0 Å². The third-order valence-corrected chi connectivity index (χ3v) is 6.42. The molecule has 2 heterocycles. The molecule has 2 unspecified atom stereocenters. The van der Waals surface area contributed by atoms with Crippen molar-refractivity contribution < 1.29 is 5.11 Å². The standard InChI is InChI=1S/C14H23BrN2OS/c1-4-11-13(15)12(17(5-2)16-11)9-14(18)7-6-8-19-10(14)3/h10,18H,4-9H2,1-3H3. The number of thioether (sulfide) groups is 1. The molecule has 19 heavy (non-hydrogen) atoms. The third kappa shape index (κ3) is 3.03. The lowest BCUT2D eigenvalue weighted by Crippen LogP contribution is -2.44. The van der Waals surface area contributed by atoms with Gasteiger partial charge in [-0.15, -0.1) is 0 Å². The predicted molar refractivity (Wildman–Crippen MR) is 84.8 cm³/mol. The molecule has 5 heteroatoms. The van der Waals surface area contributed by atoms with Gasteiger partial charge in [0.15, 0.2) is 0 Å². The van der Waals surface area contributed by atoms with E-state index in [2.05, 4.69) is 41.8 Å². The van der Waals surface area contributed by atoms with Crippen LogP contribution in [-0.2, 0) is 19.4 Å². The van der Waals surface area contributed by atoms with E-state index in [0.717, 1.165) is 47.4 Å². The monoisotopic (exact) mass is 346 g/mol. The second-order valence-electron chi connectivity index (χ2n) is 5.27. The molecule has 0 aromatic carbocycles. The molecule has 1 aromatic rings. The molecular formula is C14H23BrN2OS. The maximum atomic E-state index is 10.9. The first-order valence-corrected chi connectivity index (χ1v) is 8.94. The van der Waals surface area contributed by atoms with E-state index in [1.165, 1.54) is 0 Å². The Labute approximate surface area is 128 Å². The number of hydrogen-bond donors (Lipinski definition) is 1. The van der Waals surface area contributed by atoms with E-state index in [4.69, 9.17) is 0 Å². The highest BCUT2D eigenvalue weighted by Crippen LogP contribution is 2.38. The Morgan fingerprint density at radius 1 is 1.53 bits per heavy atom. The maximum Gasteiger partial charge on any atom is 0.0818 e. The first kappa shape index (κ1) is 15.4. The van der Waals surface area contributed by atoms with Crippen LogP contribution in [0.2, 0.25) is 0 Å². The summed E-state index contributed by atoms with van der Waals surface area (Å²) in [6.45, 7) is 7.22. The van der Waals surface area contributed by atoms with Crippen LogP contribution in [0.15, 0.2) is 4.47 Å². The van der Waals surface area contributed by atoms with Gasteiger partial charge in [-0.3, -0.25) is 4.68 Å². The smallest absolute Gasteiger partial charge is 0.0818 e. The first-order chi connectivity index (χ1) is 9.01. The summed E-state index contributed by atoms with van der Waals surface area (Å²) in [6, 6.07) is 0. The largest absolute Gasteiger partial charge is 0.388 e. The summed E-state index contributed by atoms with van der Waals surface area (Å²) in [5, 5.41) is 15.8. The molecule has 0 amide bonds. The van der Waals surface area contributed by atoms with E-state index >= 15 is 0 Å². The van der Waals surface area contributed by atoms with Crippen molar-refractivity contribution in [3.8, 4) is 0 Å². The minimum Gasteiger partial charge on any atom is -0.388 e. The number of aryl methyl sites for hydroxylation is 2. The zero-order valence-corrected chi connectivity index (χ0v) is 14.4. The van der Waals surface area contributed by atoms with Gasteiger partial charge < -0.3 is 5.11 Å². The molecule has 1 N–H and O–H groups in total.